The second kappa shape index (κ2) is 5.54. The van der Waals surface area contributed by atoms with Crippen molar-refractivity contribution in [3.05, 3.63) is 29.3 Å². The standard InChI is InChI=1S/C14H17F2N3/c1-9-2-3-19(11(4-9)8-18)14-12(15)5-10(7-17)6-13(14)16/h5-6,9,11H,2-4,8,18H2,1H3. The number of nitriles is 1. The normalized spacial score (nSPS) is 23.2. The molecule has 2 N–H and O–H groups in total. The van der Waals surface area contributed by atoms with Crippen LogP contribution in [-0.4, -0.2) is 19.1 Å². The zero-order chi connectivity index (χ0) is 14.0. The van der Waals surface area contributed by atoms with Crippen LogP contribution in [0.2, 0.25) is 0 Å². The number of benzene rings is 1. The number of anilines is 1. The van der Waals surface area contributed by atoms with Crippen LogP contribution in [0.4, 0.5) is 14.5 Å². The predicted octanol–water partition coefficient (Wildman–Crippen LogP) is 2.40. The minimum absolute atomic E-state index is 0.00609. The van der Waals surface area contributed by atoms with Crippen molar-refractivity contribution in [1.82, 2.24) is 0 Å². The summed E-state index contributed by atoms with van der Waals surface area (Å²) in [5.41, 5.74) is 5.65. The van der Waals surface area contributed by atoms with Crippen LogP contribution in [0.25, 0.3) is 0 Å². The van der Waals surface area contributed by atoms with Gasteiger partial charge in [-0.1, -0.05) is 6.92 Å². The monoisotopic (exact) mass is 265 g/mol. The number of piperidine rings is 1. The van der Waals surface area contributed by atoms with Gasteiger partial charge in [0.1, 0.15) is 5.69 Å². The smallest absolute Gasteiger partial charge is 0.150 e. The third-order valence-electron chi connectivity index (χ3n) is 3.68. The fourth-order valence-electron chi connectivity index (χ4n) is 2.67. The molecule has 0 saturated carbocycles. The minimum Gasteiger partial charge on any atom is -0.363 e. The number of hydrogen-bond acceptors (Lipinski definition) is 3. The van der Waals surface area contributed by atoms with Crippen molar-refractivity contribution in [3.63, 3.8) is 0 Å². The molecule has 0 bridgehead atoms. The Morgan fingerprint density at radius 1 is 1.42 bits per heavy atom. The van der Waals surface area contributed by atoms with E-state index in [1.54, 1.807) is 11.0 Å². The van der Waals surface area contributed by atoms with Gasteiger partial charge in [0.05, 0.1) is 11.6 Å². The molecule has 102 valence electrons. The van der Waals surface area contributed by atoms with Crippen LogP contribution in [0.3, 0.4) is 0 Å². The molecule has 0 radical (unpaired) electrons. The summed E-state index contributed by atoms with van der Waals surface area (Å²) in [6.07, 6.45) is 1.71. The van der Waals surface area contributed by atoms with Crippen molar-refractivity contribution in [1.29, 1.82) is 5.26 Å². The average Bonchev–Trinajstić information content (AvgIpc) is 2.39. The molecule has 3 nitrogen and oxygen atoms in total. The van der Waals surface area contributed by atoms with E-state index in [4.69, 9.17) is 11.0 Å². The molecular weight excluding hydrogens is 248 g/mol. The molecule has 0 amide bonds. The van der Waals surface area contributed by atoms with Gasteiger partial charge in [-0.3, -0.25) is 0 Å². The number of rotatable bonds is 2. The van der Waals surface area contributed by atoms with E-state index in [2.05, 4.69) is 6.92 Å². The van der Waals surface area contributed by atoms with Gasteiger partial charge < -0.3 is 10.6 Å². The molecule has 2 atom stereocenters. The molecule has 0 spiro atoms. The van der Waals surface area contributed by atoms with Gasteiger partial charge in [-0.25, -0.2) is 8.78 Å². The topological polar surface area (TPSA) is 53.0 Å². The molecule has 1 aliphatic rings. The number of hydrogen-bond donors (Lipinski definition) is 1. The maximum absolute atomic E-state index is 14.0. The zero-order valence-electron chi connectivity index (χ0n) is 10.9. The third-order valence-corrected chi connectivity index (χ3v) is 3.68. The van der Waals surface area contributed by atoms with Crippen LogP contribution in [0, 0.1) is 28.9 Å². The van der Waals surface area contributed by atoms with E-state index < -0.39 is 11.6 Å². The molecule has 1 aliphatic heterocycles. The fraction of sp³-hybridized carbons (Fsp3) is 0.500. The van der Waals surface area contributed by atoms with E-state index in [1.807, 2.05) is 0 Å². The first-order valence-corrected chi connectivity index (χ1v) is 6.42. The summed E-state index contributed by atoms with van der Waals surface area (Å²) in [5, 5.41) is 8.70. The van der Waals surface area contributed by atoms with E-state index in [0.717, 1.165) is 25.0 Å². The molecule has 5 heteroatoms. The lowest BCUT2D eigenvalue weighted by molar-refractivity contribution is 0.360. The maximum atomic E-state index is 14.0. The Kier molecular flexibility index (Phi) is 4.01. The van der Waals surface area contributed by atoms with Crippen LogP contribution >= 0.6 is 0 Å². The Balaban J connectivity index is 2.38. The summed E-state index contributed by atoms with van der Waals surface area (Å²) in [5.74, 6) is -0.872. The predicted molar refractivity (Wildman–Crippen MR) is 69.7 cm³/mol. The van der Waals surface area contributed by atoms with Crippen molar-refractivity contribution in [2.75, 3.05) is 18.0 Å². The van der Waals surface area contributed by atoms with Crippen molar-refractivity contribution in [2.45, 2.75) is 25.8 Å². The molecule has 1 heterocycles. The fourth-order valence-corrected chi connectivity index (χ4v) is 2.67. The maximum Gasteiger partial charge on any atom is 0.150 e. The lowest BCUT2D eigenvalue weighted by Crippen LogP contribution is -2.47. The lowest BCUT2D eigenvalue weighted by Gasteiger charge is -2.39. The van der Waals surface area contributed by atoms with Gasteiger partial charge in [-0.2, -0.15) is 5.26 Å². The van der Waals surface area contributed by atoms with Crippen LogP contribution in [0.5, 0.6) is 0 Å². The molecule has 1 aromatic rings. The highest BCUT2D eigenvalue weighted by atomic mass is 19.1. The van der Waals surface area contributed by atoms with E-state index >= 15 is 0 Å². The van der Waals surface area contributed by atoms with Gasteiger partial charge in [0.25, 0.3) is 0 Å². The lowest BCUT2D eigenvalue weighted by atomic mass is 9.91. The molecule has 1 saturated heterocycles. The summed E-state index contributed by atoms with van der Waals surface area (Å²) in [6.45, 7) is 3.07. The van der Waals surface area contributed by atoms with Gasteiger partial charge in [0.2, 0.25) is 0 Å². The average molecular weight is 265 g/mol. The highest BCUT2D eigenvalue weighted by molar-refractivity contribution is 5.53. The molecular formula is C14H17F2N3. The van der Waals surface area contributed by atoms with Gasteiger partial charge >= 0.3 is 0 Å². The number of halogens is 2. The quantitative estimate of drug-likeness (QED) is 0.893. The third kappa shape index (κ3) is 2.69. The molecule has 1 aromatic carbocycles. The minimum atomic E-state index is -0.690. The van der Waals surface area contributed by atoms with E-state index in [9.17, 15) is 8.78 Å². The van der Waals surface area contributed by atoms with Crippen molar-refractivity contribution in [3.8, 4) is 6.07 Å². The second-order valence-corrected chi connectivity index (χ2v) is 5.11. The van der Waals surface area contributed by atoms with Crippen molar-refractivity contribution < 1.29 is 8.78 Å². The summed E-state index contributed by atoms with van der Waals surface area (Å²) >= 11 is 0. The first kappa shape index (κ1) is 13.8. The Hall–Kier alpha value is -1.67. The summed E-state index contributed by atoms with van der Waals surface area (Å²) in [6, 6.07) is 3.84. The SMILES string of the molecule is CC1CCN(c2c(F)cc(C#N)cc2F)C(CN)C1. The second-order valence-electron chi connectivity index (χ2n) is 5.11. The number of nitrogens with two attached hydrogens (primary N) is 1. The largest absolute Gasteiger partial charge is 0.363 e. The highest BCUT2D eigenvalue weighted by Crippen LogP contribution is 2.32. The van der Waals surface area contributed by atoms with Gasteiger partial charge in [0, 0.05) is 19.1 Å². The van der Waals surface area contributed by atoms with Crippen molar-refractivity contribution in [2.24, 2.45) is 11.7 Å². The van der Waals surface area contributed by atoms with E-state index in [-0.39, 0.29) is 17.3 Å². The first-order valence-electron chi connectivity index (χ1n) is 6.42. The van der Waals surface area contributed by atoms with Gasteiger partial charge in [0.15, 0.2) is 11.6 Å². The Morgan fingerprint density at radius 3 is 2.58 bits per heavy atom. The molecule has 0 aromatic heterocycles. The molecule has 0 aliphatic carbocycles. The van der Waals surface area contributed by atoms with E-state index in [1.165, 1.54) is 0 Å². The van der Waals surface area contributed by atoms with Gasteiger partial charge in [-0.05, 0) is 30.9 Å². The highest BCUT2D eigenvalue weighted by Gasteiger charge is 2.29. The van der Waals surface area contributed by atoms with Crippen LogP contribution in [-0.2, 0) is 0 Å². The number of nitrogens with zero attached hydrogens (tertiary/aromatic N) is 2. The summed E-state index contributed by atoms with van der Waals surface area (Å²) in [7, 11) is 0. The first-order chi connectivity index (χ1) is 9.06. The molecule has 19 heavy (non-hydrogen) atoms. The zero-order valence-corrected chi connectivity index (χ0v) is 10.9. The Morgan fingerprint density at radius 2 is 2.05 bits per heavy atom. The molecule has 1 fully saturated rings. The summed E-state index contributed by atoms with van der Waals surface area (Å²) in [4.78, 5) is 1.70. The molecule has 2 rings (SSSR count). The Bertz CT molecular complexity index is 487. The van der Waals surface area contributed by atoms with Crippen LogP contribution in [0.1, 0.15) is 25.3 Å². The molecule has 2 unspecified atom stereocenters. The van der Waals surface area contributed by atoms with Crippen LogP contribution in [0.15, 0.2) is 12.1 Å². The summed E-state index contributed by atoms with van der Waals surface area (Å²) < 4.78 is 28.0. The Labute approximate surface area is 111 Å². The van der Waals surface area contributed by atoms with Crippen LogP contribution < -0.4 is 10.6 Å². The van der Waals surface area contributed by atoms with Crippen molar-refractivity contribution >= 4 is 5.69 Å². The van der Waals surface area contributed by atoms with E-state index in [0.29, 0.717) is 19.0 Å². The van der Waals surface area contributed by atoms with Gasteiger partial charge in [-0.15, -0.1) is 0 Å².